The van der Waals surface area contributed by atoms with Crippen molar-refractivity contribution in [2.24, 2.45) is 0 Å². The second-order valence-corrected chi connectivity index (χ2v) is 5.44. The monoisotopic (exact) mass is 308 g/mol. The third-order valence-corrected chi connectivity index (χ3v) is 3.67. The second-order valence-electron chi connectivity index (χ2n) is 4.62. The lowest BCUT2D eigenvalue weighted by Crippen LogP contribution is -2.43. The third kappa shape index (κ3) is 3.03. The number of halogens is 2. The quantitative estimate of drug-likeness (QED) is 0.866. The molecule has 2 heterocycles. The molecule has 104 valence electrons. The van der Waals surface area contributed by atoms with Crippen molar-refractivity contribution in [2.75, 3.05) is 31.1 Å². The number of anilines is 1. The van der Waals surface area contributed by atoms with E-state index in [4.69, 9.17) is 23.2 Å². The molecule has 1 aliphatic heterocycles. The number of aromatic nitrogens is 2. The van der Waals surface area contributed by atoms with E-state index in [1.165, 1.54) is 0 Å². The lowest BCUT2D eigenvalue weighted by molar-refractivity contribution is 0.585. The number of hydrogen-bond acceptors (Lipinski definition) is 4. The molecule has 0 radical (unpaired) electrons. The maximum Gasteiger partial charge on any atom is 0.163 e. The number of nitrogens with one attached hydrogen (secondary N) is 1. The summed E-state index contributed by atoms with van der Waals surface area (Å²) in [7, 11) is 0. The van der Waals surface area contributed by atoms with Crippen molar-refractivity contribution in [3.05, 3.63) is 40.5 Å². The first-order valence-corrected chi connectivity index (χ1v) is 7.24. The average molecular weight is 309 g/mol. The first-order valence-electron chi connectivity index (χ1n) is 6.48. The normalized spacial score (nSPS) is 15.4. The van der Waals surface area contributed by atoms with Crippen LogP contribution in [0.1, 0.15) is 0 Å². The van der Waals surface area contributed by atoms with E-state index in [1.54, 1.807) is 0 Å². The van der Waals surface area contributed by atoms with Gasteiger partial charge in [0, 0.05) is 42.8 Å². The van der Waals surface area contributed by atoms with E-state index in [2.05, 4.69) is 20.2 Å². The van der Waals surface area contributed by atoms with E-state index in [0.717, 1.165) is 37.6 Å². The molecule has 3 rings (SSSR count). The predicted octanol–water partition coefficient (Wildman–Crippen LogP) is 2.86. The van der Waals surface area contributed by atoms with Gasteiger partial charge in [-0.05, 0) is 24.3 Å². The summed E-state index contributed by atoms with van der Waals surface area (Å²) in [6.07, 6.45) is 0. The van der Waals surface area contributed by atoms with Crippen LogP contribution in [0, 0.1) is 0 Å². The Bertz CT molecular complexity index is 595. The average Bonchev–Trinajstić information content (AvgIpc) is 2.48. The minimum atomic E-state index is 0.457. The Kier molecular flexibility index (Phi) is 4.05. The zero-order valence-corrected chi connectivity index (χ0v) is 12.3. The molecule has 6 heteroatoms. The van der Waals surface area contributed by atoms with E-state index >= 15 is 0 Å². The molecule has 0 bridgehead atoms. The largest absolute Gasteiger partial charge is 0.354 e. The SMILES string of the molecule is Clc1ccc(-c2nc(Cl)cc(N3CCNCC3)n2)cc1. The topological polar surface area (TPSA) is 41.1 Å². The first kappa shape index (κ1) is 13.6. The molecule has 0 spiro atoms. The summed E-state index contributed by atoms with van der Waals surface area (Å²) in [6.45, 7) is 3.76. The van der Waals surface area contributed by atoms with Gasteiger partial charge in [-0.25, -0.2) is 9.97 Å². The number of hydrogen-bond donors (Lipinski definition) is 1. The van der Waals surface area contributed by atoms with Crippen LogP contribution in [0.3, 0.4) is 0 Å². The van der Waals surface area contributed by atoms with Crippen LogP contribution in [0.15, 0.2) is 30.3 Å². The standard InChI is InChI=1S/C14H14Cl2N4/c15-11-3-1-10(2-4-11)14-18-12(16)9-13(19-14)20-7-5-17-6-8-20/h1-4,9,17H,5-8H2. The fourth-order valence-corrected chi connectivity index (χ4v) is 2.49. The summed E-state index contributed by atoms with van der Waals surface area (Å²) in [5.41, 5.74) is 0.910. The van der Waals surface area contributed by atoms with E-state index in [0.29, 0.717) is 16.0 Å². The highest BCUT2D eigenvalue weighted by Crippen LogP contribution is 2.23. The van der Waals surface area contributed by atoms with Gasteiger partial charge < -0.3 is 10.2 Å². The fourth-order valence-electron chi connectivity index (χ4n) is 2.19. The van der Waals surface area contributed by atoms with Crippen LogP contribution in [0.4, 0.5) is 5.82 Å². The van der Waals surface area contributed by atoms with Crippen molar-refractivity contribution >= 4 is 29.0 Å². The molecule has 1 N–H and O–H groups in total. The van der Waals surface area contributed by atoms with E-state index < -0.39 is 0 Å². The highest BCUT2D eigenvalue weighted by atomic mass is 35.5. The highest BCUT2D eigenvalue weighted by molar-refractivity contribution is 6.30. The number of nitrogens with zero attached hydrogens (tertiary/aromatic N) is 3. The Balaban J connectivity index is 1.95. The molecule has 2 aromatic rings. The zero-order chi connectivity index (χ0) is 13.9. The molecule has 0 unspecified atom stereocenters. The molecular formula is C14H14Cl2N4. The highest BCUT2D eigenvalue weighted by Gasteiger charge is 2.14. The Morgan fingerprint density at radius 3 is 2.40 bits per heavy atom. The van der Waals surface area contributed by atoms with Crippen LogP contribution < -0.4 is 10.2 Å². The van der Waals surface area contributed by atoms with Crippen molar-refractivity contribution in [3.63, 3.8) is 0 Å². The van der Waals surface area contributed by atoms with Gasteiger partial charge in [-0.2, -0.15) is 0 Å². The van der Waals surface area contributed by atoms with Gasteiger partial charge in [-0.1, -0.05) is 23.2 Å². The molecule has 1 aliphatic rings. The maximum absolute atomic E-state index is 6.13. The van der Waals surface area contributed by atoms with Gasteiger partial charge in [0.1, 0.15) is 11.0 Å². The van der Waals surface area contributed by atoms with Crippen LogP contribution in [0.25, 0.3) is 11.4 Å². The lowest BCUT2D eigenvalue weighted by atomic mass is 10.2. The second kappa shape index (κ2) is 5.95. The van der Waals surface area contributed by atoms with Crippen LogP contribution >= 0.6 is 23.2 Å². The van der Waals surface area contributed by atoms with Crippen molar-refractivity contribution in [2.45, 2.75) is 0 Å². The van der Waals surface area contributed by atoms with Crippen molar-refractivity contribution in [1.29, 1.82) is 0 Å². The van der Waals surface area contributed by atoms with Gasteiger partial charge in [0.25, 0.3) is 0 Å². The van der Waals surface area contributed by atoms with Gasteiger partial charge in [-0.15, -0.1) is 0 Å². The van der Waals surface area contributed by atoms with Crippen LogP contribution in [-0.2, 0) is 0 Å². The Labute approximate surface area is 127 Å². The van der Waals surface area contributed by atoms with Crippen molar-refractivity contribution in [3.8, 4) is 11.4 Å². The Morgan fingerprint density at radius 2 is 1.70 bits per heavy atom. The van der Waals surface area contributed by atoms with Crippen molar-refractivity contribution < 1.29 is 0 Å². The molecule has 0 aliphatic carbocycles. The van der Waals surface area contributed by atoms with E-state index in [1.807, 2.05) is 30.3 Å². The molecule has 0 saturated carbocycles. The molecule has 1 fully saturated rings. The summed E-state index contributed by atoms with van der Waals surface area (Å²) < 4.78 is 0. The summed E-state index contributed by atoms with van der Waals surface area (Å²) in [4.78, 5) is 11.1. The molecule has 0 amide bonds. The van der Waals surface area contributed by atoms with E-state index in [9.17, 15) is 0 Å². The zero-order valence-electron chi connectivity index (χ0n) is 10.8. The Hall–Kier alpha value is -1.36. The minimum Gasteiger partial charge on any atom is -0.354 e. The molecule has 1 aromatic heterocycles. The van der Waals surface area contributed by atoms with Gasteiger partial charge in [0.15, 0.2) is 5.82 Å². The third-order valence-electron chi connectivity index (χ3n) is 3.22. The van der Waals surface area contributed by atoms with Crippen LogP contribution in [0.5, 0.6) is 0 Å². The van der Waals surface area contributed by atoms with Crippen molar-refractivity contribution in [1.82, 2.24) is 15.3 Å². The smallest absolute Gasteiger partial charge is 0.163 e. The Morgan fingerprint density at radius 1 is 1.00 bits per heavy atom. The summed E-state index contributed by atoms with van der Waals surface area (Å²) >= 11 is 12.0. The fraction of sp³-hybridized carbons (Fsp3) is 0.286. The lowest BCUT2D eigenvalue weighted by Gasteiger charge is -2.28. The van der Waals surface area contributed by atoms with Gasteiger partial charge >= 0.3 is 0 Å². The number of rotatable bonds is 2. The molecule has 1 aromatic carbocycles. The molecule has 4 nitrogen and oxygen atoms in total. The molecular weight excluding hydrogens is 295 g/mol. The van der Waals surface area contributed by atoms with E-state index in [-0.39, 0.29) is 0 Å². The number of piperazine rings is 1. The van der Waals surface area contributed by atoms with Crippen LogP contribution in [0.2, 0.25) is 10.2 Å². The number of benzene rings is 1. The summed E-state index contributed by atoms with van der Waals surface area (Å²) in [5.74, 6) is 1.50. The van der Waals surface area contributed by atoms with Gasteiger partial charge in [-0.3, -0.25) is 0 Å². The maximum atomic E-state index is 6.13. The van der Waals surface area contributed by atoms with Gasteiger partial charge in [0.05, 0.1) is 0 Å². The minimum absolute atomic E-state index is 0.457. The molecule has 1 saturated heterocycles. The van der Waals surface area contributed by atoms with Gasteiger partial charge in [0.2, 0.25) is 0 Å². The predicted molar refractivity (Wildman–Crippen MR) is 82.6 cm³/mol. The van der Waals surface area contributed by atoms with Crippen LogP contribution in [-0.4, -0.2) is 36.1 Å². The first-order chi connectivity index (χ1) is 9.72. The summed E-state index contributed by atoms with van der Waals surface area (Å²) in [5, 5.41) is 4.47. The molecule has 0 atom stereocenters. The molecule has 20 heavy (non-hydrogen) atoms. The summed E-state index contributed by atoms with van der Waals surface area (Å²) in [6, 6.07) is 9.26.